The molecule has 2 N–H and O–H groups in total. The summed E-state index contributed by atoms with van der Waals surface area (Å²) in [5, 5.41) is 9.42. The first-order valence-corrected chi connectivity index (χ1v) is 11.3. The fourth-order valence-electron chi connectivity index (χ4n) is 3.34. The van der Waals surface area contributed by atoms with Gasteiger partial charge in [0.05, 0.1) is 6.20 Å². The molecule has 0 aliphatic carbocycles. The third-order valence-corrected chi connectivity index (χ3v) is 6.93. The first kappa shape index (κ1) is 22.0. The SMILES string of the molecule is O=C(NO)O[C@@H]1c2ccccc2CCN1S(=O)(=O)c1ccc(Oc2ccc(Cl)cc2)nc1. The van der Waals surface area contributed by atoms with Crippen molar-refractivity contribution in [1.82, 2.24) is 14.8 Å². The smallest absolute Gasteiger partial charge is 0.432 e. The number of benzene rings is 2. The minimum atomic E-state index is -4.09. The van der Waals surface area contributed by atoms with Crippen molar-refractivity contribution in [3.05, 3.63) is 83.0 Å². The Balaban J connectivity index is 1.61. The molecule has 0 bridgehead atoms. The molecule has 0 saturated heterocycles. The summed E-state index contributed by atoms with van der Waals surface area (Å²) in [7, 11) is -4.09. The van der Waals surface area contributed by atoms with E-state index in [1.54, 1.807) is 36.4 Å². The van der Waals surface area contributed by atoms with E-state index in [1.165, 1.54) is 23.8 Å². The molecule has 2 aromatic carbocycles. The highest BCUT2D eigenvalue weighted by Gasteiger charge is 2.39. The Morgan fingerprint density at radius 3 is 2.56 bits per heavy atom. The topological polar surface area (TPSA) is 118 Å². The molecule has 2 heterocycles. The molecular formula is C21H18ClN3O6S. The number of hydrogen-bond acceptors (Lipinski definition) is 7. The van der Waals surface area contributed by atoms with Crippen LogP contribution in [0.5, 0.6) is 11.6 Å². The second-order valence-corrected chi connectivity index (χ2v) is 9.15. The molecule has 1 aliphatic rings. The summed E-state index contributed by atoms with van der Waals surface area (Å²) in [6, 6.07) is 16.5. The van der Waals surface area contributed by atoms with Crippen molar-refractivity contribution in [2.24, 2.45) is 0 Å². The molecular weight excluding hydrogens is 458 g/mol. The Morgan fingerprint density at radius 2 is 1.88 bits per heavy atom. The summed E-state index contributed by atoms with van der Waals surface area (Å²) in [6.45, 7) is 0.0751. The molecule has 9 nitrogen and oxygen atoms in total. The molecule has 0 spiro atoms. The number of nitrogens with zero attached hydrogens (tertiary/aromatic N) is 2. The summed E-state index contributed by atoms with van der Waals surface area (Å²) in [6.07, 6.45) is -0.815. The van der Waals surface area contributed by atoms with E-state index in [2.05, 4.69) is 4.98 Å². The summed E-state index contributed by atoms with van der Waals surface area (Å²) < 4.78 is 38.5. The maximum atomic E-state index is 13.3. The Kier molecular flexibility index (Phi) is 6.28. The Bertz CT molecular complexity index is 1220. The van der Waals surface area contributed by atoms with Crippen molar-refractivity contribution in [1.29, 1.82) is 0 Å². The molecule has 3 aromatic rings. The van der Waals surface area contributed by atoms with E-state index in [9.17, 15) is 13.2 Å². The van der Waals surface area contributed by atoms with Crippen LogP contribution in [0.1, 0.15) is 17.4 Å². The Hall–Kier alpha value is -3.18. The first-order chi connectivity index (χ1) is 15.4. The molecule has 1 aliphatic heterocycles. The minimum absolute atomic E-state index is 0.0751. The number of amides is 1. The lowest BCUT2D eigenvalue weighted by atomic mass is 10.00. The van der Waals surface area contributed by atoms with Crippen molar-refractivity contribution in [2.45, 2.75) is 17.5 Å². The summed E-state index contributed by atoms with van der Waals surface area (Å²) in [5.41, 5.74) is 2.73. The summed E-state index contributed by atoms with van der Waals surface area (Å²) >= 11 is 5.85. The summed E-state index contributed by atoms with van der Waals surface area (Å²) in [4.78, 5) is 15.7. The lowest BCUT2D eigenvalue weighted by Gasteiger charge is -2.35. The van der Waals surface area contributed by atoms with Gasteiger partial charge in [0.2, 0.25) is 15.9 Å². The van der Waals surface area contributed by atoms with Crippen LogP contribution in [0.25, 0.3) is 0 Å². The molecule has 11 heteroatoms. The van der Waals surface area contributed by atoms with E-state index in [4.69, 9.17) is 26.3 Å². The van der Waals surface area contributed by atoms with Gasteiger partial charge in [0.1, 0.15) is 10.6 Å². The predicted molar refractivity (Wildman–Crippen MR) is 114 cm³/mol. The molecule has 0 unspecified atom stereocenters. The maximum absolute atomic E-state index is 13.3. The number of pyridine rings is 1. The zero-order valence-corrected chi connectivity index (χ0v) is 18.1. The van der Waals surface area contributed by atoms with Crippen molar-refractivity contribution in [2.75, 3.05) is 6.54 Å². The number of aromatic nitrogens is 1. The van der Waals surface area contributed by atoms with Crippen LogP contribution < -0.4 is 10.2 Å². The average Bonchev–Trinajstić information content (AvgIpc) is 2.81. The molecule has 1 amide bonds. The van der Waals surface area contributed by atoms with Crippen LogP contribution in [-0.2, 0) is 21.2 Å². The fourth-order valence-corrected chi connectivity index (χ4v) is 4.90. The van der Waals surface area contributed by atoms with Gasteiger partial charge in [-0.05, 0) is 42.3 Å². The highest BCUT2D eigenvalue weighted by atomic mass is 35.5. The van der Waals surface area contributed by atoms with Gasteiger partial charge in [-0.2, -0.15) is 4.31 Å². The number of carbonyl (C=O) groups is 1. The third-order valence-electron chi connectivity index (χ3n) is 4.85. The van der Waals surface area contributed by atoms with E-state index in [-0.39, 0.29) is 17.3 Å². The molecule has 166 valence electrons. The van der Waals surface area contributed by atoms with Gasteiger partial charge in [0.25, 0.3) is 0 Å². The summed E-state index contributed by atoms with van der Waals surface area (Å²) in [5.74, 6) is 0.691. The molecule has 4 rings (SSSR count). The molecule has 32 heavy (non-hydrogen) atoms. The van der Waals surface area contributed by atoms with Crippen molar-refractivity contribution >= 4 is 27.7 Å². The van der Waals surface area contributed by atoms with E-state index < -0.39 is 22.3 Å². The highest BCUT2D eigenvalue weighted by Crippen LogP contribution is 2.35. The van der Waals surface area contributed by atoms with Crippen molar-refractivity contribution in [3.63, 3.8) is 0 Å². The van der Waals surface area contributed by atoms with E-state index in [0.29, 0.717) is 22.8 Å². The zero-order chi connectivity index (χ0) is 22.7. The fraction of sp³-hybridized carbons (Fsp3) is 0.143. The van der Waals surface area contributed by atoms with Crippen LogP contribution in [0, 0.1) is 0 Å². The van der Waals surface area contributed by atoms with Gasteiger partial charge in [-0.25, -0.2) is 23.7 Å². The number of nitrogens with one attached hydrogen (secondary N) is 1. The Labute approximate surface area is 189 Å². The van der Waals surface area contributed by atoms with Gasteiger partial charge in [0, 0.05) is 23.2 Å². The quantitative estimate of drug-likeness (QED) is 0.424. The van der Waals surface area contributed by atoms with Crippen LogP contribution in [0.4, 0.5) is 4.79 Å². The van der Waals surface area contributed by atoms with Crippen LogP contribution in [-0.4, -0.2) is 35.6 Å². The monoisotopic (exact) mass is 475 g/mol. The molecule has 0 saturated carbocycles. The normalized spacial score (nSPS) is 16.1. The van der Waals surface area contributed by atoms with Crippen LogP contribution in [0.2, 0.25) is 5.02 Å². The number of halogens is 1. The molecule has 0 radical (unpaired) electrons. The van der Waals surface area contributed by atoms with Gasteiger partial charge in [0.15, 0.2) is 6.23 Å². The lowest BCUT2D eigenvalue weighted by Crippen LogP contribution is -2.43. The second-order valence-electron chi connectivity index (χ2n) is 6.82. The average molecular weight is 476 g/mol. The first-order valence-electron chi connectivity index (χ1n) is 9.48. The highest BCUT2D eigenvalue weighted by molar-refractivity contribution is 7.89. The number of fused-ring (bicyclic) bond motifs is 1. The van der Waals surface area contributed by atoms with Gasteiger partial charge >= 0.3 is 6.09 Å². The zero-order valence-electron chi connectivity index (χ0n) is 16.5. The molecule has 0 fully saturated rings. The van der Waals surface area contributed by atoms with E-state index in [0.717, 1.165) is 9.87 Å². The van der Waals surface area contributed by atoms with E-state index in [1.807, 2.05) is 12.1 Å². The third kappa shape index (κ3) is 4.53. The maximum Gasteiger partial charge on any atom is 0.432 e. The number of sulfonamides is 1. The van der Waals surface area contributed by atoms with Crippen LogP contribution >= 0.6 is 11.6 Å². The lowest BCUT2D eigenvalue weighted by molar-refractivity contribution is 0.00235. The van der Waals surface area contributed by atoms with Crippen molar-refractivity contribution in [3.8, 4) is 11.6 Å². The van der Waals surface area contributed by atoms with Crippen molar-refractivity contribution < 1.29 is 27.9 Å². The minimum Gasteiger partial charge on any atom is -0.439 e. The molecule has 1 atom stereocenters. The van der Waals surface area contributed by atoms with Gasteiger partial charge in [-0.15, -0.1) is 0 Å². The molecule has 1 aromatic heterocycles. The standard InChI is InChI=1S/C21H18ClN3O6S/c22-15-5-7-16(8-6-15)30-19-10-9-17(13-23-19)32(28,29)25-12-11-14-3-1-2-4-18(14)20(25)31-21(26)24-27/h1-10,13,20,27H,11-12H2,(H,24,26)/t20-/m1/s1. The Morgan fingerprint density at radius 1 is 1.12 bits per heavy atom. The van der Waals surface area contributed by atoms with Gasteiger partial charge in [-0.1, -0.05) is 35.9 Å². The number of hydroxylamine groups is 1. The van der Waals surface area contributed by atoms with Gasteiger partial charge < -0.3 is 9.47 Å². The number of rotatable bonds is 5. The van der Waals surface area contributed by atoms with Gasteiger partial charge in [-0.3, -0.25) is 5.21 Å². The van der Waals surface area contributed by atoms with Crippen LogP contribution in [0.3, 0.4) is 0 Å². The van der Waals surface area contributed by atoms with E-state index >= 15 is 0 Å². The number of hydrogen-bond donors (Lipinski definition) is 2. The predicted octanol–water partition coefficient (Wildman–Crippen LogP) is 3.89. The largest absolute Gasteiger partial charge is 0.439 e. The second kappa shape index (κ2) is 9.13. The number of carbonyl (C=O) groups excluding carboxylic acids is 1. The van der Waals surface area contributed by atoms with Crippen LogP contribution in [0.15, 0.2) is 71.8 Å². The number of ether oxygens (including phenoxy) is 2.